The molecule has 0 saturated heterocycles. The molecule has 0 heterocycles. The van der Waals surface area contributed by atoms with E-state index in [2.05, 4.69) is 11.6 Å². The van der Waals surface area contributed by atoms with Crippen molar-refractivity contribution < 1.29 is 5.11 Å². The molecule has 0 saturated carbocycles. The molecule has 0 fully saturated rings. The average molecular weight is 135 g/mol. The monoisotopic (exact) mass is 135 g/mol. The molecule has 0 aliphatic heterocycles. The predicted molar refractivity (Wildman–Crippen MR) is 37.8 cm³/mol. The second-order valence-corrected chi connectivity index (χ2v) is 2.45. The Morgan fingerprint density at radius 3 is 2.88 bits per heavy atom. The maximum absolute atomic E-state index is 8.30. The Balaban J connectivity index is 2.53. The summed E-state index contributed by atoms with van der Waals surface area (Å²) in [7, 11) is 0. The van der Waals surface area contributed by atoms with E-state index in [0.29, 0.717) is 0 Å². The van der Waals surface area contributed by atoms with Gasteiger partial charge in [0.25, 0.3) is 0 Å². The summed E-state index contributed by atoms with van der Waals surface area (Å²) in [6, 6.07) is 0. The lowest BCUT2D eigenvalue weighted by Gasteiger charge is -1.97. The summed E-state index contributed by atoms with van der Waals surface area (Å²) in [5.41, 5.74) is 0. The van der Waals surface area contributed by atoms with E-state index >= 15 is 0 Å². The lowest BCUT2D eigenvalue weighted by atomic mass is 10.5. The molecule has 0 aromatic carbocycles. The quantitative estimate of drug-likeness (QED) is 0.428. The average Bonchev–Trinajstić information content (AvgIpc) is 1.81. The highest BCUT2D eigenvalue weighted by atomic mass is 32.2. The molecular weight excluding hydrogens is 122 g/mol. The van der Waals surface area contributed by atoms with Gasteiger partial charge < -0.3 is 5.11 Å². The van der Waals surface area contributed by atoms with Crippen molar-refractivity contribution in [3.8, 4) is 0 Å². The predicted octanol–water partition coefficient (Wildman–Crippen LogP) is 0.626. The fourth-order valence-electron chi connectivity index (χ4n) is 0.292. The van der Waals surface area contributed by atoms with Crippen LogP contribution in [-0.4, -0.2) is 24.0 Å². The molecule has 0 rings (SSSR count). The summed E-state index contributed by atoms with van der Waals surface area (Å²) in [6.45, 7) is 3.42. The molecule has 0 aromatic heterocycles. The molecule has 0 aromatic rings. The summed E-state index contributed by atoms with van der Waals surface area (Å²) in [4.78, 5) is 0. The van der Waals surface area contributed by atoms with Gasteiger partial charge in [0.2, 0.25) is 0 Å². The Hall–Kier alpha value is 0.270. The maximum Gasteiger partial charge on any atom is 0.0534 e. The van der Waals surface area contributed by atoms with E-state index in [9.17, 15) is 0 Å². The van der Waals surface area contributed by atoms with Gasteiger partial charge in [-0.2, -0.15) is 0 Å². The van der Waals surface area contributed by atoms with Crippen molar-refractivity contribution in [1.82, 2.24) is 4.72 Å². The van der Waals surface area contributed by atoms with Gasteiger partial charge in [0.1, 0.15) is 0 Å². The van der Waals surface area contributed by atoms with Crippen LogP contribution in [0, 0.1) is 0 Å². The van der Waals surface area contributed by atoms with Crippen LogP contribution in [0.4, 0.5) is 0 Å². The smallest absolute Gasteiger partial charge is 0.0534 e. The molecule has 0 bridgehead atoms. The molecule has 2 nitrogen and oxygen atoms in total. The second kappa shape index (κ2) is 7.27. The van der Waals surface area contributed by atoms with Crippen LogP contribution < -0.4 is 4.72 Å². The van der Waals surface area contributed by atoms with E-state index in [1.54, 1.807) is 11.9 Å². The molecule has 0 radical (unpaired) electrons. The minimum Gasteiger partial charge on any atom is -0.395 e. The summed E-state index contributed by atoms with van der Waals surface area (Å²) in [6.07, 6.45) is 1.15. The largest absolute Gasteiger partial charge is 0.395 e. The SMILES string of the molecule is CCCNSCCO. The first-order valence-corrected chi connectivity index (χ1v) is 3.86. The summed E-state index contributed by atoms with van der Waals surface area (Å²) in [5, 5.41) is 8.30. The van der Waals surface area contributed by atoms with E-state index < -0.39 is 0 Å². The number of hydrogen-bond donors (Lipinski definition) is 2. The Labute approximate surface area is 54.8 Å². The Morgan fingerprint density at radius 2 is 2.38 bits per heavy atom. The minimum absolute atomic E-state index is 0.265. The topological polar surface area (TPSA) is 32.3 Å². The van der Waals surface area contributed by atoms with Crippen LogP contribution in [0.1, 0.15) is 13.3 Å². The van der Waals surface area contributed by atoms with Crippen LogP contribution in [0.15, 0.2) is 0 Å². The van der Waals surface area contributed by atoms with Crippen LogP contribution in [0.3, 0.4) is 0 Å². The highest BCUT2D eigenvalue weighted by Crippen LogP contribution is 1.89. The number of hydrogen-bond acceptors (Lipinski definition) is 3. The summed E-state index contributed by atoms with van der Waals surface area (Å²) in [5.74, 6) is 0.792. The van der Waals surface area contributed by atoms with Gasteiger partial charge in [-0.25, -0.2) is 0 Å². The van der Waals surface area contributed by atoms with E-state index in [1.807, 2.05) is 0 Å². The van der Waals surface area contributed by atoms with Crippen molar-refractivity contribution >= 4 is 11.9 Å². The van der Waals surface area contributed by atoms with Crippen LogP contribution in [0.5, 0.6) is 0 Å². The van der Waals surface area contributed by atoms with Crippen molar-refractivity contribution in [3.63, 3.8) is 0 Å². The molecule has 0 aliphatic rings. The molecule has 0 amide bonds. The first kappa shape index (κ1) is 8.27. The lowest BCUT2D eigenvalue weighted by molar-refractivity contribution is 0.322. The highest BCUT2D eigenvalue weighted by Gasteiger charge is 1.81. The lowest BCUT2D eigenvalue weighted by Crippen LogP contribution is -2.05. The zero-order valence-electron chi connectivity index (χ0n) is 5.18. The van der Waals surface area contributed by atoms with E-state index in [1.165, 1.54) is 0 Å². The molecule has 50 valence electrons. The molecular formula is C5H13NOS. The standard InChI is InChI=1S/C5H13NOS/c1-2-3-6-8-5-4-7/h6-7H,2-5H2,1H3. The molecule has 0 spiro atoms. The van der Waals surface area contributed by atoms with Crippen LogP contribution >= 0.6 is 11.9 Å². The van der Waals surface area contributed by atoms with E-state index in [4.69, 9.17) is 5.11 Å². The van der Waals surface area contributed by atoms with Crippen molar-refractivity contribution in [2.75, 3.05) is 18.9 Å². The molecule has 2 N–H and O–H groups in total. The van der Waals surface area contributed by atoms with Gasteiger partial charge in [0.15, 0.2) is 0 Å². The molecule has 0 unspecified atom stereocenters. The third-order valence-electron chi connectivity index (χ3n) is 0.647. The van der Waals surface area contributed by atoms with Gasteiger partial charge in [-0.05, 0) is 6.42 Å². The van der Waals surface area contributed by atoms with Gasteiger partial charge in [0.05, 0.1) is 6.61 Å². The van der Waals surface area contributed by atoms with Crippen LogP contribution in [0.2, 0.25) is 0 Å². The van der Waals surface area contributed by atoms with Crippen LogP contribution in [-0.2, 0) is 0 Å². The zero-order chi connectivity index (χ0) is 6.24. The van der Waals surface area contributed by atoms with Crippen LogP contribution in [0.25, 0.3) is 0 Å². The highest BCUT2D eigenvalue weighted by molar-refractivity contribution is 7.97. The minimum atomic E-state index is 0.265. The summed E-state index contributed by atoms with van der Waals surface area (Å²) >= 11 is 1.58. The van der Waals surface area contributed by atoms with Gasteiger partial charge in [-0.15, -0.1) is 0 Å². The van der Waals surface area contributed by atoms with Crippen molar-refractivity contribution in [1.29, 1.82) is 0 Å². The molecule has 8 heavy (non-hydrogen) atoms. The molecule has 0 atom stereocenters. The van der Waals surface area contributed by atoms with Crippen molar-refractivity contribution in [2.24, 2.45) is 0 Å². The first-order valence-electron chi connectivity index (χ1n) is 2.87. The Morgan fingerprint density at radius 1 is 1.62 bits per heavy atom. The normalized spacial score (nSPS) is 9.75. The van der Waals surface area contributed by atoms with Gasteiger partial charge in [-0.3, -0.25) is 4.72 Å². The van der Waals surface area contributed by atoms with Crippen molar-refractivity contribution in [3.05, 3.63) is 0 Å². The van der Waals surface area contributed by atoms with Gasteiger partial charge in [-0.1, -0.05) is 18.9 Å². The second-order valence-electron chi connectivity index (χ2n) is 1.47. The Kier molecular flexibility index (Phi) is 7.52. The van der Waals surface area contributed by atoms with E-state index in [0.717, 1.165) is 18.7 Å². The number of aliphatic hydroxyl groups is 1. The first-order chi connectivity index (χ1) is 3.91. The fraction of sp³-hybridized carbons (Fsp3) is 1.00. The third kappa shape index (κ3) is 6.27. The molecule has 0 aliphatic carbocycles. The van der Waals surface area contributed by atoms with Gasteiger partial charge >= 0.3 is 0 Å². The third-order valence-corrected chi connectivity index (χ3v) is 1.44. The maximum atomic E-state index is 8.30. The fourth-order valence-corrected chi connectivity index (χ4v) is 0.876. The summed E-state index contributed by atoms with van der Waals surface area (Å²) < 4.78 is 3.09. The number of nitrogens with one attached hydrogen (secondary N) is 1. The van der Waals surface area contributed by atoms with Crippen molar-refractivity contribution in [2.45, 2.75) is 13.3 Å². The number of rotatable bonds is 5. The zero-order valence-corrected chi connectivity index (χ0v) is 6.00. The van der Waals surface area contributed by atoms with E-state index in [-0.39, 0.29) is 6.61 Å². The molecule has 3 heteroatoms. The van der Waals surface area contributed by atoms with Gasteiger partial charge in [0, 0.05) is 12.3 Å². The number of aliphatic hydroxyl groups excluding tert-OH is 1. The Bertz CT molecular complexity index is 37.4.